The van der Waals surface area contributed by atoms with Crippen molar-refractivity contribution in [3.8, 4) is 0 Å². The third-order valence-electron chi connectivity index (χ3n) is 11.7. The number of rotatable bonds is 13. The summed E-state index contributed by atoms with van der Waals surface area (Å²) in [5, 5.41) is 4.20. The second-order valence-electron chi connectivity index (χ2n) is 17.8. The maximum atomic E-state index is 6.34. The van der Waals surface area contributed by atoms with Crippen LogP contribution in [0.15, 0.2) is 9.98 Å². The van der Waals surface area contributed by atoms with Crippen molar-refractivity contribution in [1.29, 1.82) is 0 Å². The van der Waals surface area contributed by atoms with Crippen LogP contribution >= 0.6 is 0 Å². The van der Waals surface area contributed by atoms with Crippen LogP contribution in [0.1, 0.15) is 133 Å². The summed E-state index contributed by atoms with van der Waals surface area (Å²) < 4.78 is 6.34. The first-order valence-electron chi connectivity index (χ1n) is 19.1. The first-order chi connectivity index (χ1) is 20.6. The van der Waals surface area contributed by atoms with Gasteiger partial charge in [0.1, 0.15) is 0 Å². The zero-order chi connectivity index (χ0) is 32.8. The van der Waals surface area contributed by atoms with Gasteiger partial charge in [-0.05, 0) is 131 Å². The molecule has 0 spiro atoms. The summed E-state index contributed by atoms with van der Waals surface area (Å²) in [5.74, 6) is 6.21. The summed E-state index contributed by atoms with van der Waals surface area (Å²) in [7, 11) is -1.52. The molecule has 0 aromatic heterocycles. The van der Waals surface area contributed by atoms with E-state index in [-0.39, 0.29) is 0 Å². The van der Waals surface area contributed by atoms with Gasteiger partial charge in [-0.2, -0.15) is 0 Å². The lowest BCUT2D eigenvalue weighted by Crippen LogP contribution is -2.53. The predicted molar refractivity (Wildman–Crippen MR) is 197 cm³/mol. The van der Waals surface area contributed by atoms with Gasteiger partial charge in [-0.1, -0.05) is 75.2 Å². The maximum absolute atomic E-state index is 6.34. The largest absolute Gasteiger partial charge is 0.418 e. The lowest BCUT2D eigenvalue weighted by atomic mass is 9.68. The van der Waals surface area contributed by atoms with Crippen molar-refractivity contribution in [1.82, 2.24) is 5.32 Å². The van der Waals surface area contributed by atoms with Gasteiger partial charge in [-0.15, -0.1) is 0 Å². The quantitative estimate of drug-likeness (QED) is 0.125. The Morgan fingerprint density at radius 3 is 1.57 bits per heavy atom. The third kappa shape index (κ3) is 10.8. The molecule has 2 saturated carbocycles. The summed E-state index contributed by atoms with van der Waals surface area (Å²) in [4.78, 5) is 11.6. The fourth-order valence-electron chi connectivity index (χ4n) is 9.07. The molecule has 4 nitrogen and oxygen atoms in total. The van der Waals surface area contributed by atoms with Crippen LogP contribution in [0.2, 0.25) is 19.6 Å². The van der Waals surface area contributed by atoms with Crippen molar-refractivity contribution in [3.63, 3.8) is 0 Å². The standard InChI is InChI=1S/C39H75N3OSi/c1-25(2)31-17-14-18-32(26(3)4)38(31)40-30(10)36-23-29(9)24-37(41-36)35(21-16-22-43-44(11,12)13)42-39-33(27(5)6)19-15-20-34(39)28(7)8/h25-29,31-34,36-39,41H,14-24H2,1-13H3. The topological polar surface area (TPSA) is 46.0 Å². The lowest BCUT2D eigenvalue weighted by Gasteiger charge is -2.43. The molecule has 1 aliphatic heterocycles. The number of piperidine rings is 1. The van der Waals surface area contributed by atoms with Crippen molar-refractivity contribution >= 4 is 19.7 Å². The predicted octanol–water partition coefficient (Wildman–Crippen LogP) is 10.5. The van der Waals surface area contributed by atoms with Gasteiger partial charge in [0, 0.05) is 30.1 Å². The highest BCUT2D eigenvalue weighted by molar-refractivity contribution is 6.69. The number of hydrogen-bond acceptors (Lipinski definition) is 4. The molecule has 0 amide bonds. The van der Waals surface area contributed by atoms with E-state index in [9.17, 15) is 0 Å². The Morgan fingerprint density at radius 2 is 1.14 bits per heavy atom. The number of nitrogens with zero attached hydrogens (tertiary/aromatic N) is 2. The smallest absolute Gasteiger partial charge is 0.183 e. The average Bonchev–Trinajstić information content (AvgIpc) is 2.93. The highest BCUT2D eigenvalue weighted by Gasteiger charge is 2.39. The molecule has 0 bridgehead atoms. The molecule has 0 aromatic rings. The van der Waals surface area contributed by atoms with Crippen LogP contribution in [0, 0.1) is 53.3 Å². The molecule has 3 fully saturated rings. The summed E-state index contributed by atoms with van der Waals surface area (Å²) in [6.45, 7) is 32.1. The number of aliphatic imine (C=N–C) groups is 2. The van der Waals surface area contributed by atoms with Gasteiger partial charge in [0.25, 0.3) is 0 Å². The van der Waals surface area contributed by atoms with E-state index in [0.29, 0.717) is 77.4 Å². The molecular formula is C39H75N3OSi. The Balaban J connectivity index is 1.93. The molecule has 1 N–H and O–H groups in total. The molecule has 7 unspecified atom stereocenters. The van der Waals surface area contributed by atoms with Crippen molar-refractivity contribution < 1.29 is 4.43 Å². The van der Waals surface area contributed by atoms with Crippen LogP contribution in [0.5, 0.6) is 0 Å². The van der Waals surface area contributed by atoms with Crippen LogP contribution in [0.3, 0.4) is 0 Å². The SMILES string of the molecule is CC(=NC1C(C(C)C)CCCC1C(C)C)C1CC(C)CC(C(CCCO[Si](C)(C)C)=NC2C(C(C)C)CCCC2C(C)C)N1. The Hall–Kier alpha value is -0.523. The van der Waals surface area contributed by atoms with Gasteiger partial charge >= 0.3 is 0 Å². The molecule has 0 radical (unpaired) electrons. The Labute approximate surface area is 276 Å². The van der Waals surface area contributed by atoms with Gasteiger partial charge in [0.05, 0.1) is 12.1 Å². The molecule has 5 heteroatoms. The minimum atomic E-state index is -1.52. The highest BCUT2D eigenvalue weighted by Crippen LogP contribution is 2.41. The summed E-state index contributed by atoms with van der Waals surface area (Å²) >= 11 is 0. The molecule has 256 valence electrons. The molecule has 1 saturated heterocycles. The van der Waals surface area contributed by atoms with Gasteiger partial charge in [0.2, 0.25) is 0 Å². The zero-order valence-corrected chi connectivity index (χ0v) is 32.6. The Bertz CT molecular complexity index is 887. The van der Waals surface area contributed by atoms with E-state index in [1.807, 2.05) is 0 Å². The zero-order valence-electron chi connectivity index (χ0n) is 31.6. The minimum Gasteiger partial charge on any atom is -0.418 e. The molecule has 44 heavy (non-hydrogen) atoms. The molecule has 1 heterocycles. The van der Waals surface area contributed by atoms with Gasteiger partial charge in [-0.25, -0.2) is 0 Å². The van der Waals surface area contributed by atoms with Crippen molar-refractivity contribution in [2.45, 2.75) is 177 Å². The molecule has 2 aliphatic carbocycles. The molecule has 0 aromatic carbocycles. The molecule has 7 atom stereocenters. The van der Waals surface area contributed by atoms with Crippen LogP contribution in [-0.4, -0.2) is 50.5 Å². The minimum absolute atomic E-state index is 0.344. The summed E-state index contributed by atoms with van der Waals surface area (Å²) in [6, 6.07) is 1.61. The van der Waals surface area contributed by atoms with Gasteiger partial charge < -0.3 is 9.74 Å². The fraction of sp³-hybridized carbons (Fsp3) is 0.949. The van der Waals surface area contributed by atoms with E-state index in [2.05, 4.69) is 94.2 Å². The van der Waals surface area contributed by atoms with Gasteiger partial charge in [0.15, 0.2) is 8.32 Å². The van der Waals surface area contributed by atoms with E-state index >= 15 is 0 Å². The molecule has 3 aliphatic rings. The van der Waals surface area contributed by atoms with Crippen LogP contribution < -0.4 is 5.32 Å². The van der Waals surface area contributed by atoms with Crippen LogP contribution in [0.25, 0.3) is 0 Å². The van der Waals surface area contributed by atoms with E-state index in [1.54, 1.807) is 0 Å². The normalized spacial score (nSPS) is 34.9. The Kier molecular flexibility index (Phi) is 14.7. The monoisotopic (exact) mass is 630 g/mol. The van der Waals surface area contributed by atoms with Gasteiger partial charge in [-0.3, -0.25) is 9.98 Å². The first kappa shape index (κ1) is 37.9. The lowest BCUT2D eigenvalue weighted by molar-refractivity contribution is 0.141. The van der Waals surface area contributed by atoms with E-state index < -0.39 is 8.32 Å². The average molecular weight is 630 g/mol. The van der Waals surface area contributed by atoms with Crippen molar-refractivity contribution in [3.05, 3.63) is 0 Å². The second-order valence-corrected chi connectivity index (χ2v) is 22.3. The highest BCUT2D eigenvalue weighted by atomic mass is 28.4. The summed E-state index contributed by atoms with van der Waals surface area (Å²) in [6.07, 6.45) is 12.6. The van der Waals surface area contributed by atoms with E-state index in [1.165, 1.54) is 62.8 Å². The molecule has 3 rings (SSSR count). The maximum Gasteiger partial charge on any atom is 0.183 e. The van der Waals surface area contributed by atoms with E-state index in [4.69, 9.17) is 14.4 Å². The van der Waals surface area contributed by atoms with Crippen LogP contribution in [0.4, 0.5) is 0 Å². The third-order valence-corrected chi connectivity index (χ3v) is 12.8. The second kappa shape index (κ2) is 17.0. The summed E-state index contributed by atoms with van der Waals surface area (Å²) in [5.41, 5.74) is 2.79. The van der Waals surface area contributed by atoms with Crippen molar-refractivity contribution in [2.24, 2.45) is 63.2 Å². The first-order valence-corrected chi connectivity index (χ1v) is 22.5. The number of nitrogens with one attached hydrogen (secondary N) is 1. The van der Waals surface area contributed by atoms with Crippen molar-refractivity contribution in [2.75, 3.05) is 6.61 Å². The molecular weight excluding hydrogens is 555 g/mol. The Morgan fingerprint density at radius 1 is 0.705 bits per heavy atom. The fourth-order valence-corrected chi connectivity index (χ4v) is 9.83. The van der Waals surface area contributed by atoms with E-state index in [0.717, 1.165) is 19.4 Å². The number of hydrogen-bond donors (Lipinski definition) is 1. The van der Waals surface area contributed by atoms with Crippen LogP contribution in [-0.2, 0) is 4.43 Å².